The fourth-order valence-electron chi connectivity index (χ4n) is 1.46. The lowest BCUT2D eigenvalue weighted by molar-refractivity contribution is -0.0864. The Balaban J connectivity index is 1.65. The molecule has 84 valence electrons. The van der Waals surface area contributed by atoms with E-state index in [0.29, 0.717) is 6.61 Å². The minimum atomic E-state index is 0.210. The molecule has 0 aromatic carbocycles. The van der Waals surface area contributed by atoms with Crippen molar-refractivity contribution >= 4 is 27.3 Å². The fraction of sp³-hybridized carbons (Fsp3) is 0.600. The van der Waals surface area contributed by atoms with Gasteiger partial charge in [0.05, 0.1) is 25.9 Å². The van der Waals surface area contributed by atoms with Crippen molar-refractivity contribution in [2.45, 2.75) is 12.6 Å². The number of hydrogen-bond acceptors (Lipinski definition) is 4. The third-order valence-electron chi connectivity index (χ3n) is 2.18. The zero-order valence-corrected chi connectivity index (χ0v) is 10.8. The molecule has 1 unspecified atom stereocenters. The molecule has 3 nitrogen and oxygen atoms in total. The highest BCUT2D eigenvalue weighted by atomic mass is 79.9. The molecule has 1 aromatic rings. The quantitative estimate of drug-likeness (QED) is 0.921. The van der Waals surface area contributed by atoms with E-state index in [0.717, 1.165) is 30.8 Å². The van der Waals surface area contributed by atoms with Crippen LogP contribution in [0.25, 0.3) is 0 Å². The molecule has 1 aliphatic heterocycles. The Morgan fingerprint density at radius 1 is 1.53 bits per heavy atom. The zero-order chi connectivity index (χ0) is 10.5. The van der Waals surface area contributed by atoms with Crippen molar-refractivity contribution in [1.29, 1.82) is 0 Å². The lowest BCUT2D eigenvalue weighted by Gasteiger charge is -2.22. The van der Waals surface area contributed by atoms with Gasteiger partial charge in [-0.2, -0.15) is 0 Å². The first-order valence-electron chi connectivity index (χ1n) is 4.97. The second-order valence-electron chi connectivity index (χ2n) is 3.43. The maximum Gasteiger partial charge on any atom is 0.0933 e. The van der Waals surface area contributed by atoms with Crippen LogP contribution < -0.4 is 5.32 Å². The van der Waals surface area contributed by atoms with Crippen LogP contribution in [0.5, 0.6) is 0 Å². The molecule has 1 aromatic heterocycles. The monoisotopic (exact) mass is 291 g/mol. The summed E-state index contributed by atoms with van der Waals surface area (Å²) in [6, 6.07) is 2.13. The first-order chi connectivity index (χ1) is 7.34. The lowest BCUT2D eigenvalue weighted by atomic mass is 10.3. The molecule has 1 fully saturated rings. The van der Waals surface area contributed by atoms with Crippen molar-refractivity contribution in [3.05, 3.63) is 20.8 Å². The van der Waals surface area contributed by atoms with Crippen LogP contribution in [0.1, 0.15) is 4.88 Å². The SMILES string of the molecule is Brc1csc(CNCC2COCCO2)c1. The van der Waals surface area contributed by atoms with Gasteiger partial charge in [0.1, 0.15) is 0 Å². The molecule has 5 heteroatoms. The molecular formula is C10H14BrNO2S. The third-order valence-corrected chi connectivity index (χ3v) is 3.88. The molecule has 0 bridgehead atoms. The molecular weight excluding hydrogens is 278 g/mol. The van der Waals surface area contributed by atoms with Crippen LogP contribution in [0.2, 0.25) is 0 Å². The Hall–Kier alpha value is 0.0600. The van der Waals surface area contributed by atoms with E-state index in [2.05, 4.69) is 32.7 Å². The second-order valence-corrected chi connectivity index (χ2v) is 5.34. The predicted octanol–water partition coefficient (Wildman–Crippen LogP) is 2.02. The molecule has 0 aliphatic carbocycles. The number of halogens is 1. The minimum absolute atomic E-state index is 0.210. The predicted molar refractivity (Wildman–Crippen MR) is 64.3 cm³/mol. The molecule has 1 atom stereocenters. The van der Waals surface area contributed by atoms with Gasteiger partial charge in [0.15, 0.2) is 0 Å². The minimum Gasteiger partial charge on any atom is -0.376 e. The molecule has 0 radical (unpaired) electrons. The first kappa shape index (κ1) is 11.5. The van der Waals surface area contributed by atoms with Gasteiger partial charge in [-0.25, -0.2) is 0 Å². The van der Waals surface area contributed by atoms with E-state index in [9.17, 15) is 0 Å². The summed E-state index contributed by atoms with van der Waals surface area (Å²) >= 11 is 5.19. The maximum absolute atomic E-state index is 5.53. The van der Waals surface area contributed by atoms with Gasteiger partial charge in [-0.15, -0.1) is 11.3 Å². The summed E-state index contributed by atoms with van der Waals surface area (Å²) in [6.45, 7) is 3.91. The molecule has 0 spiro atoms. The van der Waals surface area contributed by atoms with E-state index in [1.165, 1.54) is 4.88 Å². The fourth-order valence-corrected chi connectivity index (χ4v) is 2.88. The van der Waals surface area contributed by atoms with Gasteiger partial charge >= 0.3 is 0 Å². The molecule has 0 amide bonds. The summed E-state index contributed by atoms with van der Waals surface area (Å²) in [5.74, 6) is 0. The van der Waals surface area contributed by atoms with E-state index >= 15 is 0 Å². The van der Waals surface area contributed by atoms with Gasteiger partial charge in [0, 0.05) is 27.8 Å². The van der Waals surface area contributed by atoms with Gasteiger partial charge in [-0.05, 0) is 22.0 Å². The van der Waals surface area contributed by atoms with E-state index < -0.39 is 0 Å². The van der Waals surface area contributed by atoms with Crippen molar-refractivity contribution < 1.29 is 9.47 Å². The number of thiophene rings is 1. The Morgan fingerprint density at radius 3 is 3.13 bits per heavy atom. The summed E-state index contributed by atoms with van der Waals surface area (Å²) in [5, 5.41) is 5.46. The van der Waals surface area contributed by atoms with E-state index in [1.54, 1.807) is 11.3 Å². The first-order valence-corrected chi connectivity index (χ1v) is 6.65. The molecule has 2 rings (SSSR count). The van der Waals surface area contributed by atoms with Crippen LogP contribution in [0.15, 0.2) is 15.9 Å². The van der Waals surface area contributed by atoms with Crippen molar-refractivity contribution in [1.82, 2.24) is 5.32 Å². The van der Waals surface area contributed by atoms with Crippen LogP contribution >= 0.6 is 27.3 Å². The van der Waals surface area contributed by atoms with Crippen molar-refractivity contribution in [2.24, 2.45) is 0 Å². The van der Waals surface area contributed by atoms with E-state index in [4.69, 9.17) is 9.47 Å². The summed E-state index contributed by atoms with van der Waals surface area (Å²) < 4.78 is 12.0. The second kappa shape index (κ2) is 5.96. The summed E-state index contributed by atoms with van der Waals surface area (Å²) in [5.41, 5.74) is 0. The highest BCUT2D eigenvalue weighted by Gasteiger charge is 2.13. The highest BCUT2D eigenvalue weighted by molar-refractivity contribution is 9.10. The highest BCUT2D eigenvalue weighted by Crippen LogP contribution is 2.19. The Kier molecular flexibility index (Phi) is 4.59. The van der Waals surface area contributed by atoms with Gasteiger partial charge < -0.3 is 14.8 Å². The standard InChI is InChI=1S/C10H14BrNO2S/c11-8-3-10(15-7-8)5-12-4-9-6-13-1-2-14-9/h3,7,9,12H,1-2,4-6H2. The Labute approximate surface area is 102 Å². The van der Waals surface area contributed by atoms with Crippen molar-refractivity contribution in [3.63, 3.8) is 0 Å². The Morgan fingerprint density at radius 2 is 2.47 bits per heavy atom. The lowest BCUT2D eigenvalue weighted by Crippen LogP contribution is -2.37. The molecule has 1 aliphatic rings. The summed E-state index contributed by atoms with van der Waals surface area (Å²) in [4.78, 5) is 1.33. The van der Waals surface area contributed by atoms with Crippen LogP contribution in [-0.2, 0) is 16.0 Å². The molecule has 0 saturated carbocycles. The van der Waals surface area contributed by atoms with Crippen LogP contribution in [0.3, 0.4) is 0 Å². The van der Waals surface area contributed by atoms with Gasteiger partial charge in [-0.1, -0.05) is 0 Å². The summed E-state index contributed by atoms with van der Waals surface area (Å²) in [7, 11) is 0. The van der Waals surface area contributed by atoms with Gasteiger partial charge in [0.2, 0.25) is 0 Å². The number of nitrogens with one attached hydrogen (secondary N) is 1. The number of hydrogen-bond donors (Lipinski definition) is 1. The molecule has 15 heavy (non-hydrogen) atoms. The molecule has 1 saturated heterocycles. The van der Waals surface area contributed by atoms with Crippen molar-refractivity contribution in [3.8, 4) is 0 Å². The average Bonchev–Trinajstić information content (AvgIpc) is 2.66. The topological polar surface area (TPSA) is 30.5 Å². The van der Waals surface area contributed by atoms with Gasteiger partial charge in [-0.3, -0.25) is 0 Å². The number of rotatable bonds is 4. The van der Waals surface area contributed by atoms with Crippen LogP contribution in [0, 0.1) is 0 Å². The van der Waals surface area contributed by atoms with E-state index in [-0.39, 0.29) is 6.10 Å². The molecule has 1 N–H and O–H groups in total. The third kappa shape index (κ3) is 3.85. The normalized spacial score (nSPS) is 21.8. The van der Waals surface area contributed by atoms with E-state index in [1.807, 2.05) is 0 Å². The Bertz CT molecular complexity index is 299. The van der Waals surface area contributed by atoms with Gasteiger partial charge in [0.25, 0.3) is 0 Å². The summed E-state index contributed by atoms with van der Waals surface area (Å²) in [6.07, 6.45) is 0.210. The largest absolute Gasteiger partial charge is 0.376 e. The smallest absolute Gasteiger partial charge is 0.0933 e. The molecule has 2 heterocycles. The van der Waals surface area contributed by atoms with Crippen LogP contribution in [-0.4, -0.2) is 32.5 Å². The van der Waals surface area contributed by atoms with Crippen LogP contribution in [0.4, 0.5) is 0 Å². The average molecular weight is 292 g/mol. The maximum atomic E-state index is 5.53. The van der Waals surface area contributed by atoms with Crippen molar-refractivity contribution in [2.75, 3.05) is 26.4 Å². The zero-order valence-electron chi connectivity index (χ0n) is 8.37. The number of ether oxygens (including phenoxy) is 2.